The smallest absolute Gasteiger partial charge is 1.00 e. The average Bonchev–Trinajstić information content (AvgIpc) is 1.87. The molecule has 9 heavy (non-hydrogen) atoms. The monoisotopic (exact) mass is 207 g/mol. The van der Waals surface area contributed by atoms with Gasteiger partial charge in [-0.3, -0.25) is 0 Å². The molecule has 0 unspecified atom stereocenters. The fourth-order valence-electron chi connectivity index (χ4n) is 0.664. The molecule has 1 rings (SSSR count). The van der Waals surface area contributed by atoms with E-state index >= 15 is 0 Å². The van der Waals surface area contributed by atoms with Gasteiger partial charge in [-0.2, -0.15) is 0 Å². The van der Waals surface area contributed by atoms with Gasteiger partial charge in [-0.15, -0.1) is 0 Å². The third kappa shape index (κ3) is 3.74. The summed E-state index contributed by atoms with van der Waals surface area (Å²) in [6.45, 7) is 2.15. The minimum Gasteiger partial charge on any atom is -1.00 e. The standard InChI is InChI=1S/C6H7.2FH.Zr/c1-6-4-2-3-5-6;;;/h4-5H,2H2,1H3;2*1H;/q;;;+2/p-2. The second kappa shape index (κ2) is 5.04. The van der Waals surface area contributed by atoms with Crippen molar-refractivity contribution in [2.24, 2.45) is 0 Å². The maximum absolute atomic E-state index is 2.27. The van der Waals surface area contributed by atoms with Gasteiger partial charge in [0.15, 0.2) is 0 Å². The summed E-state index contributed by atoms with van der Waals surface area (Å²) in [5.74, 6) is 0. The summed E-state index contributed by atoms with van der Waals surface area (Å²) >= 11 is 1.57. The fraction of sp³-hybridized carbons (Fsp3) is 0.333. The van der Waals surface area contributed by atoms with E-state index < -0.39 is 0 Å². The van der Waals surface area contributed by atoms with Crippen molar-refractivity contribution in [3.8, 4) is 0 Å². The minimum absolute atomic E-state index is 0. The Kier molecular flexibility index (Phi) is 6.70. The first kappa shape index (κ1) is 12.0. The zero-order valence-electron chi connectivity index (χ0n) is 5.12. The predicted octanol–water partition coefficient (Wildman–Crippen LogP) is -4.22. The normalized spacial score (nSPS) is 15.0. The second-order valence-electron chi connectivity index (χ2n) is 1.82. The molecule has 0 spiro atoms. The summed E-state index contributed by atoms with van der Waals surface area (Å²) in [6, 6.07) is 0. The molecule has 0 aromatic heterocycles. The maximum atomic E-state index is 2.27. The molecule has 0 N–H and O–H groups in total. The van der Waals surface area contributed by atoms with Crippen LogP contribution in [0.3, 0.4) is 0 Å². The molecule has 0 aromatic rings. The van der Waals surface area contributed by atoms with Crippen LogP contribution < -0.4 is 9.41 Å². The van der Waals surface area contributed by atoms with Crippen molar-refractivity contribution < 1.29 is 34.1 Å². The second-order valence-corrected chi connectivity index (χ2v) is 3.40. The Labute approximate surface area is 68.6 Å². The van der Waals surface area contributed by atoms with Gasteiger partial charge in [0.25, 0.3) is 0 Å². The zero-order chi connectivity index (χ0) is 5.28. The molecule has 0 atom stereocenters. The van der Waals surface area contributed by atoms with Crippen molar-refractivity contribution in [1.82, 2.24) is 0 Å². The minimum atomic E-state index is 0. The van der Waals surface area contributed by atoms with E-state index in [4.69, 9.17) is 0 Å². The number of rotatable bonds is 0. The largest absolute Gasteiger partial charge is 1.00 e. The first-order valence-electron chi connectivity index (χ1n) is 2.38. The van der Waals surface area contributed by atoms with Gasteiger partial charge in [0.05, 0.1) is 0 Å². The summed E-state index contributed by atoms with van der Waals surface area (Å²) in [4.78, 5) is 0. The van der Waals surface area contributed by atoms with E-state index in [1.165, 1.54) is 12.0 Å². The SMILES string of the molecule is CC1=CC[C]([Zr+2])=C1.[F-].[F-]. The molecule has 1 aliphatic rings. The first-order valence-corrected chi connectivity index (χ1v) is 3.61. The van der Waals surface area contributed by atoms with E-state index in [-0.39, 0.29) is 9.41 Å². The van der Waals surface area contributed by atoms with Crippen LogP contribution in [0.1, 0.15) is 13.3 Å². The van der Waals surface area contributed by atoms with Gasteiger partial charge in [-0.05, 0) is 0 Å². The molecule has 0 bridgehead atoms. The average molecular weight is 208 g/mol. The Bertz CT molecular complexity index is 138. The van der Waals surface area contributed by atoms with Gasteiger partial charge < -0.3 is 9.41 Å². The molecule has 49 valence electrons. The Hall–Kier alpha value is 0.223. The molecule has 0 saturated carbocycles. The van der Waals surface area contributed by atoms with E-state index in [0.717, 1.165) is 0 Å². The maximum Gasteiger partial charge on any atom is -1.00 e. The van der Waals surface area contributed by atoms with Crippen molar-refractivity contribution in [3.05, 3.63) is 21.0 Å². The first-order chi connectivity index (χ1) is 3.29. The van der Waals surface area contributed by atoms with Crippen LogP contribution in [-0.4, -0.2) is 0 Å². The number of halogens is 2. The molecule has 0 aliphatic heterocycles. The van der Waals surface area contributed by atoms with Crippen molar-refractivity contribution in [3.63, 3.8) is 0 Å². The summed E-state index contributed by atoms with van der Waals surface area (Å²) < 4.78 is 1.57. The quantitative estimate of drug-likeness (QED) is 0.378. The zero-order valence-corrected chi connectivity index (χ0v) is 7.58. The van der Waals surface area contributed by atoms with Crippen molar-refractivity contribution in [2.75, 3.05) is 0 Å². The van der Waals surface area contributed by atoms with Crippen LogP contribution in [0.5, 0.6) is 0 Å². The van der Waals surface area contributed by atoms with Crippen LogP contribution in [0, 0.1) is 0 Å². The van der Waals surface area contributed by atoms with Gasteiger partial charge in [0.1, 0.15) is 0 Å². The molecule has 0 aromatic carbocycles. The third-order valence-corrected chi connectivity index (χ3v) is 1.90. The molecule has 1 aliphatic carbocycles. The summed E-state index contributed by atoms with van der Waals surface area (Å²) in [7, 11) is 0. The molecule has 0 saturated heterocycles. The summed E-state index contributed by atoms with van der Waals surface area (Å²) in [5.41, 5.74) is 1.44. The van der Waals surface area contributed by atoms with Crippen LogP contribution in [0.25, 0.3) is 0 Å². The van der Waals surface area contributed by atoms with E-state index in [9.17, 15) is 0 Å². The van der Waals surface area contributed by atoms with E-state index in [0.29, 0.717) is 0 Å². The van der Waals surface area contributed by atoms with Gasteiger partial charge >= 0.3 is 59.1 Å². The third-order valence-electron chi connectivity index (χ3n) is 1.05. The van der Waals surface area contributed by atoms with Crippen LogP contribution in [-0.2, 0) is 24.7 Å². The molecule has 0 nitrogen and oxygen atoms in total. The number of allylic oxidation sites excluding steroid dienone is 4. The predicted molar refractivity (Wildman–Crippen MR) is 26.5 cm³/mol. The number of hydrogen-bond donors (Lipinski definition) is 0. The summed E-state index contributed by atoms with van der Waals surface area (Å²) in [6.07, 6.45) is 5.74. The molecule has 0 heterocycles. The van der Waals surface area contributed by atoms with Gasteiger partial charge in [-0.1, -0.05) is 0 Å². The van der Waals surface area contributed by atoms with E-state index in [1.54, 1.807) is 28.0 Å². The summed E-state index contributed by atoms with van der Waals surface area (Å²) in [5, 5.41) is 0. The van der Waals surface area contributed by atoms with Gasteiger partial charge in [0.2, 0.25) is 0 Å². The van der Waals surface area contributed by atoms with Crippen molar-refractivity contribution in [2.45, 2.75) is 13.3 Å². The Morgan fingerprint density at radius 2 is 2.00 bits per heavy atom. The van der Waals surface area contributed by atoms with Crippen molar-refractivity contribution >= 4 is 0 Å². The van der Waals surface area contributed by atoms with Gasteiger partial charge in [-0.25, -0.2) is 0 Å². The van der Waals surface area contributed by atoms with Gasteiger partial charge in [0, 0.05) is 0 Å². The number of hydrogen-bond acceptors (Lipinski definition) is 0. The van der Waals surface area contributed by atoms with Crippen LogP contribution >= 0.6 is 0 Å². The Morgan fingerprint density at radius 1 is 1.44 bits per heavy atom. The molecular weight excluding hydrogens is 201 g/mol. The molecule has 0 fully saturated rings. The van der Waals surface area contributed by atoms with E-state index in [1.807, 2.05) is 0 Å². The van der Waals surface area contributed by atoms with Crippen molar-refractivity contribution in [1.29, 1.82) is 0 Å². The van der Waals surface area contributed by atoms with Crippen LogP contribution in [0.2, 0.25) is 0 Å². The fourth-order valence-corrected chi connectivity index (χ4v) is 1.47. The van der Waals surface area contributed by atoms with Crippen LogP contribution in [0.15, 0.2) is 21.0 Å². The molecule has 0 amide bonds. The molecule has 0 radical (unpaired) electrons. The Balaban J connectivity index is 0. The van der Waals surface area contributed by atoms with E-state index in [2.05, 4.69) is 19.1 Å². The molecule has 3 heteroatoms. The topological polar surface area (TPSA) is 0 Å². The van der Waals surface area contributed by atoms with Crippen LogP contribution in [0.4, 0.5) is 0 Å². The Morgan fingerprint density at radius 3 is 2.11 bits per heavy atom. The molecular formula is C6H7F2Zr.